The van der Waals surface area contributed by atoms with Crippen LogP contribution in [0, 0.1) is 0 Å². The Kier molecular flexibility index (Phi) is 13.9. The van der Waals surface area contributed by atoms with Crippen LogP contribution in [0.15, 0.2) is 0 Å². The minimum Gasteiger partial charge on any atom is -0.356 e. The summed E-state index contributed by atoms with van der Waals surface area (Å²) in [4.78, 5) is 9.05. The molecule has 0 aromatic rings. The van der Waals surface area contributed by atoms with E-state index in [1.165, 1.54) is 0 Å². The molecule has 0 aliphatic carbocycles. The van der Waals surface area contributed by atoms with Gasteiger partial charge in [0.25, 0.3) is 0 Å². The largest absolute Gasteiger partial charge is 0.356 e. The Balaban J connectivity index is 0. The van der Waals surface area contributed by atoms with Crippen LogP contribution in [0.25, 0.3) is 0 Å². The molecule has 0 spiro atoms. The van der Waals surface area contributed by atoms with E-state index in [2.05, 4.69) is 15.2 Å². The maximum absolute atomic E-state index is 9.05. The van der Waals surface area contributed by atoms with E-state index in [-0.39, 0.29) is 12.8 Å². The number of ether oxygens (including phenoxy) is 2. The van der Waals surface area contributed by atoms with Crippen molar-refractivity contribution in [2.24, 2.45) is 5.73 Å². The van der Waals surface area contributed by atoms with Gasteiger partial charge in [0.2, 0.25) is 0 Å². The summed E-state index contributed by atoms with van der Waals surface area (Å²) in [5, 5.41) is 0. The van der Waals surface area contributed by atoms with Crippen molar-refractivity contribution < 1.29 is 14.3 Å². The van der Waals surface area contributed by atoms with E-state index in [0.29, 0.717) is 6.29 Å². The van der Waals surface area contributed by atoms with Crippen LogP contribution in [0.3, 0.4) is 0 Å². The number of carbonyl (C=O) groups is 1. The molecule has 0 amide bonds. The molecule has 0 aliphatic heterocycles. The first kappa shape index (κ1) is 12.2. The molecule has 4 heteroatoms. The highest BCUT2D eigenvalue weighted by Crippen LogP contribution is 1.82. The van der Waals surface area contributed by atoms with Gasteiger partial charge >= 0.3 is 0 Å². The molecule has 0 heterocycles. The van der Waals surface area contributed by atoms with Gasteiger partial charge in [-0.3, -0.25) is 0 Å². The van der Waals surface area contributed by atoms with Crippen molar-refractivity contribution in [3.8, 4) is 0 Å². The first-order chi connectivity index (χ1) is 4.72. The molecule has 0 radical (unpaired) electrons. The summed E-state index contributed by atoms with van der Waals surface area (Å²) in [6.45, 7) is 1.97. The van der Waals surface area contributed by atoms with Crippen LogP contribution in [0.4, 0.5) is 0 Å². The van der Waals surface area contributed by atoms with Crippen molar-refractivity contribution in [3.05, 3.63) is 0 Å². The monoisotopic (exact) mass is 149 g/mol. The van der Waals surface area contributed by atoms with E-state index in [1.807, 2.05) is 6.92 Å². The molecule has 0 saturated carbocycles. The maximum Gasteiger partial charge on any atom is 0.154 e. The Morgan fingerprint density at radius 2 is 1.80 bits per heavy atom. The van der Waals surface area contributed by atoms with Gasteiger partial charge in [0.1, 0.15) is 6.29 Å². The summed E-state index contributed by atoms with van der Waals surface area (Å²) < 4.78 is 9.35. The van der Waals surface area contributed by atoms with Crippen LogP contribution in [-0.2, 0) is 14.3 Å². The van der Waals surface area contributed by atoms with Crippen molar-refractivity contribution in [1.82, 2.24) is 0 Å². The molecule has 0 unspecified atom stereocenters. The average molecular weight is 149 g/mol. The first-order valence-corrected chi connectivity index (χ1v) is 2.92. The Morgan fingerprint density at radius 3 is 1.80 bits per heavy atom. The second kappa shape index (κ2) is 11.4. The molecule has 0 aliphatic rings. The van der Waals surface area contributed by atoms with E-state index in [9.17, 15) is 0 Å². The van der Waals surface area contributed by atoms with Crippen molar-refractivity contribution >= 4 is 6.29 Å². The smallest absolute Gasteiger partial charge is 0.154 e. The van der Waals surface area contributed by atoms with Crippen molar-refractivity contribution in [2.75, 3.05) is 20.8 Å². The van der Waals surface area contributed by atoms with Crippen LogP contribution >= 0.6 is 0 Å². The Bertz CT molecular complexity index is 64.0. The summed E-state index contributed by atoms with van der Waals surface area (Å²) in [7, 11) is 3.21. The van der Waals surface area contributed by atoms with Gasteiger partial charge in [-0.2, -0.15) is 0 Å². The number of hydrogen-bond acceptors (Lipinski definition) is 4. The van der Waals surface area contributed by atoms with Crippen molar-refractivity contribution in [2.45, 2.75) is 13.2 Å². The van der Waals surface area contributed by atoms with E-state index in [4.69, 9.17) is 4.79 Å². The predicted molar refractivity (Wildman–Crippen MR) is 38.6 cm³/mol. The zero-order valence-electron chi connectivity index (χ0n) is 6.66. The average Bonchev–Trinajstić information content (AvgIpc) is 2.03. The normalized spacial score (nSPS) is 8.50. The highest BCUT2D eigenvalue weighted by molar-refractivity contribution is 5.51. The molecule has 0 aromatic heterocycles. The summed E-state index contributed by atoms with van der Waals surface area (Å²) in [5.74, 6) is 0. The molecule has 0 aromatic carbocycles. The second-order valence-electron chi connectivity index (χ2n) is 1.44. The summed E-state index contributed by atoms with van der Waals surface area (Å²) in [5.41, 5.74) is 4.66. The highest BCUT2D eigenvalue weighted by Gasteiger charge is 1.87. The van der Waals surface area contributed by atoms with E-state index >= 15 is 0 Å². The van der Waals surface area contributed by atoms with Gasteiger partial charge in [0, 0.05) is 20.8 Å². The Morgan fingerprint density at radius 1 is 1.50 bits per heavy atom. The van der Waals surface area contributed by atoms with Gasteiger partial charge in [-0.1, -0.05) is 0 Å². The standard InChI is InChI=1S/C4H10O2.C2H5NO/c1-4(5-2)6-3;3-1-2-4/h4H,1-3H3;2H,1,3H2. The van der Waals surface area contributed by atoms with Gasteiger partial charge < -0.3 is 20.0 Å². The number of aldehydes is 1. The van der Waals surface area contributed by atoms with Crippen LogP contribution in [0.5, 0.6) is 0 Å². The van der Waals surface area contributed by atoms with Crippen LogP contribution in [0.1, 0.15) is 6.92 Å². The lowest BCUT2D eigenvalue weighted by atomic mass is 10.8. The number of nitrogens with two attached hydrogens (primary N) is 1. The molecule has 0 saturated heterocycles. The molecule has 0 bridgehead atoms. The lowest BCUT2D eigenvalue weighted by molar-refractivity contribution is -0.106. The molecular weight excluding hydrogens is 134 g/mol. The van der Waals surface area contributed by atoms with Crippen LogP contribution < -0.4 is 5.73 Å². The fourth-order valence-corrected chi connectivity index (χ4v) is 0.0962. The lowest BCUT2D eigenvalue weighted by Crippen LogP contribution is -2.05. The van der Waals surface area contributed by atoms with Crippen LogP contribution in [0.2, 0.25) is 0 Å². The zero-order valence-corrected chi connectivity index (χ0v) is 6.66. The molecule has 2 N–H and O–H groups in total. The number of hydrogen-bond donors (Lipinski definition) is 1. The van der Waals surface area contributed by atoms with Crippen LogP contribution in [-0.4, -0.2) is 33.3 Å². The molecule has 0 rings (SSSR count). The van der Waals surface area contributed by atoms with E-state index < -0.39 is 0 Å². The predicted octanol–water partition coefficient (Wildman–Crippen LogP) is -0.231. The first-order valence-electron chi connectivity index (χ1n) is 2.92. The summed E-state index contributed by atoms with van der Waals surface area (Å²) in [6, 6.07) is 0. The SMILES string of the molecule is COC(C)OC.NCC=O. The summed E-state index contributed by atoms with van der Waals surface area (Å²) >= 11 is 0. The third kappa shape index (κ3) is 15.6. The zero-order chi connectivity index (χ0) is 8.41. The third-order valence-corrected chi connectivity index (χ3v) is 0.760. The summed E-state index contributed by atoms with van der Waals surface area (Å²) in [6.07, 6.45) is 0.588. The van der Waals surface area contributed by atoms with Gasteiger partial charge in [0.15, 0.2) is 6.29 Å². The van der Waals surface area contributed by atoms with Crippen molar-refractivity contribution in [1.29, 1.82) is 0 Å². The second-order valence-corrected chi connectivity index (χ2v) is 1.44. The fourth-order valence-electron chi connectivity index (χ4n) is 0.0962. The third-order valence-electron chi connectivity index (χ3n) is 0.760. The van der Waals surface area contributed by atoms with E-state index in [0.717, 1.165) is 0 Å². The Hall–Kier alpha value is -0.450. The lowest BCUT2D eigenvalue weighted by Gasteiger charge is -2.03. The molecule has 0 fully saturated rings. The number of carbonyl (C=O) groups excluding carboxylic acids is 1. The minimum atomic E-state index is -0.0648. The van der Waals surface area contributed by atoms with Gasteiger partial charge in [-0.25, -0.2) is 0 Å². The molecule has 4 nitrogen and oxygen atoms in total. The van der Waals surface area contributed by atoms with Gasteiger partial charge in [0.05, 0.1) is 0 Å². The molecule has 0 atom stereocenters. The van der Waals surface area contributed by atoms with Gasteiger partial charge in [-0.15, -0.1) is 0 Å². The van der Waals surface area contributed by atoms with E-state index in [1.54, 1.807) is 14.2 Å². The fraction of sp³-hybridized carbons (Fsp3) is 0.833. The Labute approximate surface area is 61.3 Å². The van der Waals surface area contributed by atoms with Crippen molar-refractivity contribution in [3.63, 3.8) is 0 Å². The molecule has 62 valence electrons. The number of methoxy groups -OCH3 is 2. The molecular formula is C6H15NO3. The minimum absolute atomic E-state index is 0.0648. The topological polar surface area (TPSA) is 61.6 Å². The highest BCUT2D eigenvalue weighted by atomic mass is 16.7. The molecule has 10 heavy (non-hydrogen) atoms. The quantitative estimate of drug-likeness (QED) is 0.444. The number of rotatable bonds is 3. The van der Waals surface area contributed by atoms with Gasteiger partial charge in [-0.05, 0) is 6.92 Å². The maximum atomic E-state index is 9.05.